The van der Waals surface area contributed by atoms with Gasteiger partial charge in [-0.2, -0.15) is 0 Å². The van der Waals surface area contributed by atoms with Crippen LogP contribution in [-0.4, -0.2) is 26.9 Å². The Hall–Kier alpha value is -3.38. The second-order valence-corrected chi connectivity index (χ2v) is 7.97. The maximum atomic E-state index is 11.3. The van der Waals surface area contributed by atoms with Crippen molar-refractivity contribution >= 4 is 11.8 Å². The predicted octanol–water partition coefficient (Wildman–Crippen LogP) is 4.01. The molecule has 1 aliphatic carbocycles. The minimum Gasteiger partial charge on any atom is -0.465 e. The molecule has 0 bridgehead atoms. The first kappa shape index (κ1) is 19.0. The van der Waals surface area contributed by atoms with Crippen LogP contribution in [0.15, 0.2) is 66.9 Å². The zero-order valence-electron chi connectivity index (χ0n) is 16.1. The largest absolute Gasteiger partial charge is 0.465 e. The van der Waals surface area contributed by atoms with Gasteiger partial charge in [0.2, 0.25) is 0 Å². The van der Waals surface area contributed by atoms with Crippen LogP contribution in [0.2, 0.25) is 0 Å². The molecule has 0 atom stereocenters. The van der Waals surface area contributed by atoms with Crippen LogP contribution < -0.4 is 11.1 Å². The molecule has 4 rings (SSSR count). The molecule has 1 aromatic heterocycles. The van der Waals surface area contributed by atoms with Crippen molar-refractivity contribution in [3.8, 4) is 22.4 Å². The van der Waals surface area contributed by atoms with Crippen LogP contribution >= 0.6 is 0 Å². The maximum absolute atomic E-state index is 11.3. The molecule has 1 aliphatic rings. The van der Waals surface area contributed by atoms with Gasteiger partial charge < -0.3 is 21.3 Å². The van der Waals surface area contributed by atoms with Crippen molar-refractivity contribution in [3.63, 3.8) is 0 Å². The molecule has 1 heterocycles. The average Bonchev–Trinajstić information content (AvgIpc) is 2.67. The van der Waals surface area contributed by atoms with E-state index in [1.54, 1.807) is 13.1 Å². The lowest BCUT2D eigenvalue weighted by atomic mass is 9.62. The Labute approximate surface area is 169 Å². The molecule has 3 aromatic rings. The number of nitrogen functional groups attached to an aromatic ring is 1. The first-order chi connectivity index (χ1) is 13.8. The van der Waals surface area contributed by atoms with Gasteiger partial charge in [0.05, 0.1) is 28.7 Å². The fourth-order valence-corrected chi connectivity index (χ4v) is 4.31. The van der Waals surface area contributed by atoms with Gasteiger partial charge >= 0.3 is 6.09 Å². The summed E-state index contributed by atoms with van der Waals surface area (Å²) < 4.78 is 0. The second-order valence-electron chi connectivity index (χ2n) is 7.97. The minimum atomic E-state index is -1.10. The zero-order valence-corrected chi connectivity index (χ0v) is 16.1. The Kier molecular flexibility index (Phi) is 4.51. The summed E-state index contributed by atoms with van der Waals surface area (Å²) >= 11 is 0. The number of hydrogen-bond donors (Lipinski definition) is 4. The van der Waals surface area contributed by atoms with E-state index in [1.807, 2.05) is 60.7 Å². The maximum Gasteiger partial charge on any atom is 0.405 e. The van der Waals surface area contributed by atoms with Gasteiger partial charge in [0.15, 0.2) is 0 Å². The molecule has 1 amide bonds. The van der Waals surface area contributed by atoms with Crippen molar-refractivity contribution in [2.24, 2.45) is 0 Å². The van der Waals surface area contributed by atoms with E-state index in [0.717, 1.165) is 27.9 Å². The van der Waals surface area contributed by atoms with Crippen LogP contribution in [0.1, 0.15) is 25.3 Å². The number of aromatic nitrogens is 1. The highest BCUT2D eigenvalue weighted by atomic mass is 16.4. The first-order valence-electron chi connectivity index (χ1n) is 9.43. The number of aliphatic hydroxyl groups is 1. The molecule has 0 radical (unpaired) electrons. The summed E-state index contributed by atoms with van der Waals surface area (Å²) in [7, 11) is 0. The van der Waals surface area contributed by atoms with Crippen LogP contribution in [0, 0.1) is 0 Å². The van der Waals surface area contributed by atoms with E-state index in [1.165, 1.54) is 0 Å². The number of hydrogen-bond acceptors (Lipinski definition) is 4. The van der Waals surface area contributed by atoms with Crippen molar-refractivity contribution in [2.45, 2.75) is 30.9 Å². The highest BCUT2D eigenvalue weighted by Gasteiger charge is 2.53. The van der Waals surface area contributed by atoms with E-state index in [4.69, 9.17) is 5.73 Å². The lowest BCUT2D eigenvalue weighted by molar-refractivity contribution is -0.0858. The molecule has 0 spiro atoms. The van der Waals surface area contributed by atoms with Gasteiger partial charge in [-0.25, -0.2) is 4.79 Å². The Morgan fingerprint density at radius 3 is 2.31 bits per heavy atom. The zero-order chi connectivity index (χ0) is 20.6. The molecule has 5 N–H and O–H groups in total. The van der Waals surface area contributed by atoms with Crippen LogP contribution in [0.4, 0.5) is 10.5 Å². The lowest BCUT2D eigenvalue weighted by Gasteiger charge is -2.51. The Morgan fingerprint density at radius 1 is 1.07 bits per heavy atom. The topological polar surface area (TPSA) is 108 Å². The SMILES string of the molecule is CC1(O)CC(NC(=O)O)(c2ccc(-c3ncc(N)cc3-c3ccccc3)cc2)C1. The van der Waals surface area contributed by atoms with Gasteiger partial charge in [-0.3, -0.25) is 4.98 Å². The fourth-order valence-electron chi connectivity index (χ4n) is 4.31. The molecule has 0 saturated heterocycles. The number of nitrogens with zero attached hydrogens (tertiary/aromatic N) is 1. The van der Waals surface area contributed by atoms with Crippen LogP contribution in [0.5, 0.6) is 0 Å². The number of carboxylic acid groups (broad SMARTS) is 1. The standard InChI is InChI=1S/C23H23N3O3/c1-22(29)13-23(14-22,26-21(27)28)17-9-7-16(8-10-17)20-19(11-18(24)12-25-20)15-5-3-2-4-6-15/h2-12,26,29H,13-14,24H2,1H3,(H,27,28). The van der Waals surface area contributed by atoms with Crippen LogP contribution in [0.25, 0.3) is 22.4 Å². The number of carbonyl (C=O) groups is 1. The fraction of sp³-hybridized carbons (Fsp3) is 0.217. The van der Waals surface area contributed by atoms with E-state index in [0.29, 0.717) is 18.5 Å². The summed E-state index contributed by atoms with van der Waals surface area (Å²) in [5.41, 5.74) is 9.40. The molecule has 0 unspecified atom stereocenters. The molecule has 6 heteroatoms. The Morgan fingerprint density at radius 2 is 1.72 bits per heavy atom. The third kappa shape index (κ3) is 3.67. The number of nitrogens with one attached hydrogen (secondary N) is 1. The number of rotatable bonds is 4. The molecule has 2 aromatic carbocycles. The van der Waals surface area contributed by atoms with E-state index >= 15 is 0 Å². The number of pyridine rings is 1. The second kappa shape index (κ2) is 6.90. The van der Waals surface area contributed by atoms with Crippen molar-refractivity contribution in [1.82, 2.24) is 10.3 Å². The van der Waals surface area contributed by atoms with Gasteiger partial charge in [-0.15, -0.1) is 0 Å². The molecule has 1 saturated carbocycles. The van der Waals surface area contributed by atoms with Gasteiger partial charge in [0.1, 0.15) is 0 Å². The molecule has 148 valence electrons. The van der Waals surface area contributed by atoms with E-state index in [-0.39, 0.29) is 0 Å². The van der Waals surface area contributed by atoms with Crippen molar-refractivity contribution in [1.29, 1.82) is 0 Å². The first-order valence-corrected chi connectivity index (χ1v) is 9.43. The summed E-state index contributed by atoms with van der Waals surface area (Å²) in [5.74, 6) is 0. The van der Waals surface area contributed by atoms with Crippen molar-refractivity contribution in [2.75, 3.05) is 5.73 Å². The minimum absolute atomic E-state index is 0.334. The van der Waals surface area contributed by atoms with Gasteiger partial charge in [-0.1, -0.05) is 54.6 Å². The smallest absolute Gasteiger partial charge is 0.405 e. The highest BCUT2D eigenvalue weighted by Crippen LogP contribution is 2.48. The number of amides is 1. The normalized spacial score (nSPS) is 23.2. The summed E-state index contributed by atoms with van der Waals surface area (Å²) in [5, 5.41) is 22.0. The van der Waals surface area contributed by atoms with Crippen molar-refractivity contribution < 1.29 is 15.0 Å². The Bertz CT molecular complexity index is 1040. The third-order valence-electron chi connectivity index (χ3n) is 5.42. The van der Waals surface area contributed by atoms with E-state index in [9.17, 15) is 15.0 Å². The molecule has 29 heavy (non-hydrogen) atoms. The van der Waals surface area contributed by atoms with Gasteiger partial charge in [-0.05, 0) is 24.1 Å². The molecule has 1 fully saturated rings. The number of anilines is 1. The lowest BCUT2D eigenvalue weighted by Crippen LogP contribution is -2.61. The van der Waals surface area contributed by atoms with Crippen molar-refractivity contribution in [3.05, 3.63) is 72.4 Å². The predicted molar refractivity (Wildman–Crippen MR) is 112 cm³/mol. The van der Waals surface area contributed by atoms with Crippen LogP contribution in [-0.2, 0) is 5.54 Å². The van der Waals surface area contributed by atoms with Crippen LogP contribution in [0.3, 0.4) is 0 Å². The molecule has 0 aliphatic heterocycles. The third-order valence-corrected chi connectivity index (χ3v) is 5.42. The molecular formula is C23H23N3O3. The average molecular weight is 389 g/mol. The Balaban J connectivity index is 1.71. The highest BCUT2D eigenvalue weighted by molar-refractivity contribution is 5.82. The number of nitrogens with two attached hydrogens (primary N) is 1. The monoisotopic (exact) mass is 389 g/mol. The molecule has 6 nitrogen and oxygen atoms in total. The summed E-state index contributed by atoms with van der Waals surface area (Å²) in [4.78, 5) is 15.8. The van der Waals surface area contributed by atoms with E-state index in [2.05, 4.69) is 10.3 Å². The molecular weight excluding hydrogens is 366 g/mol. The number of benzene rings is 2. The quantitative estimate of drug-likeness (QED) is 0.539. The summed E-state index contributed by atoms with van der Waals surface area (Å²) in [6.07, 6.45) is 1.20. The summed E-state index contributed by atoms with van der Waals surface area (Å²) in [6.45, 7) is 1.72. The van der Waals surface area contributed by atoms with E-state index < -0.39 is 17.2 Å². The van der Waals surface area contributed by atoms with Gasteiger partial charge in [0, 0.05) is 24.0 Å². The van der Waals surface area contributed by atoms with Gasteiger partial charge in [0.25, 0.3) is 0 Å². The summed E-state index contributed by atoms with van der Waals surface area (Å²) in [6, 6.07) is 19.5.